The van der Waals surface area contributed by atoms with Gasteiger partial charge in [-0.3, -0.25) is 0 Å². The molecule has 0 saturated carbocycles. The van der Waals surface area contributed by atoms with Crippen LogP contribution in [0.5, 0.6) is 11.5 Å². The molecule has 3 rings (SSSR count). The lowest BCUT2D eigenvalue weighted by Crippen LogP contribution is -2.20. The number of benzene rings is 1. The lowest BCUT2D eigenvalue weighted by atomic mass is 10.1. The smallest absolute Gasteiger partial charge is 0.496 e. The second-order valence-electron chi connectivity index (χ2n) is 5.77. The first-order valence-electron chi connectivity index (χ1n) is 7.58. The van der Waals surface area contributed by atoms with Gasteiger partial charge < -0.3 is 9.47 Å². The van der Waals surface area contributed by atoms with E-state index in [1.165, 1.54) is 25.3 Å². The van der Waals surface area contributed by atoms with Crippen LogP contribution in [0.2, 0.25) is 0 Å². The third kappa shape index (κ3) is 4.41. The summed E-state index contributed by atoms with van der Waals surface area (Å²) in [6.07, 6.45) is -4.84. The number of rotatable bonds is 5. The Morgan fingerprint density at radius 3 is 2.44 bits per heavy atom. The highest BCUT2D eigenvalue weighted by molar-refractivity contribution is 5.77. The third-order valence-corrected chi connectivity index (χ3v) is 3.47. The van der Waals surface area contributed by atoms with Crippen LogP contribution in [0.1, 0.15) is 6.92 Å². The van der Waals surface area contributed by atoms with Gasteiger partial charge in [0.1, 0.15) is 23.6 Å². The average molecular weight is 388 g/mol. The summed E-state index contributed by atoms with van der Waals surface area (Å²) in [5.74, 6) is -3.41. The normalized spacial score (nSPS) is 12.4. The van der Waals surface area contributed by atoms with Gasteiger partial charge in [0.25, 0.3) is 5.92 Å². The first-order valence-corrected chi connectivity index (χ1v) is 7.58. The van der Waals surface area contributed by atoms with Gasteiger partial charge in [-0.25, -0.2) is 18.4 Å². The fourth-order valence-corrected chi connectivity index (χ4v) is 2.45. The fourth-order valence-electron chi connectivity index (χ4n) is 2.45. The second kappa shape index (κ2) is 6.63. The number of aromatic nitrogens is 4. The molecule has 2 aromatic heterocycles. The first-order chi connectivity index (χ1) is 12.6. The maximum atomic E-state index is 13.3. The van der Waals surface area contributed by atoms with Gasteiger partial charge in [0.05, 0.1) is 12.8 Å². The molecule has 0 spiro atoms. The van der Waals surface area contributed by atoms with Crippen molar-refractivity contribution in [3.63, 3.8) is 0 Å². The largest absolute Gasteiger partial charge is 0.573 e. The molecular weight excluding hydrogens is 375 g/mol. The average Bonchev–Trinajstić information content (AvgIpc) is 2.93. The Hall–Kier alpha value is -2.98. The Morgan fingerprint density at radius 1 is 1.07 bits per heavy atom. The molecule has 0 aliphatic carbocycles. The zero-order chi connectivity index (χ0) is 19.8. The van der Waals surface area contributed by atoms with E-state index in [0.717, 1.165) is 23.7 Å². The Morgan fingerprint density at radius 2 is 1.81 bits per heavy atom. The van der Waals surface area contributed by atoms with Crippen molar-refractivity contribution < 1.29 is 31.4 Å². The number of hydrogen-bond donors (Lipinski definition) is 0. The van der Waals surface area contributed by atoms with Crippen molar-refractivity contribution in [3.8, 4) is 22.8 Å². The highest BCUT2D eigenvalue weighted by atomic mass is 19.4. The van der Waals surface area contributed by atoms with E-state index < -0.39 is 24.6 Å². The number of methoxy groups -OCH3 is 1. The molecule has 27 heavy (non-hydrogen) atoms. The standard InChI is InChI=1S/C16H13F5N4O2/c1-15(17,18)8-25-14-12(23-24-25)6-5-11(22-14)10-4-3-9(7-13(10)26-2)27-16(19,20)21/h3-7H,8H2,1-2H3. The summed E-state index contributed by atoms with van der Waals surface area (Å²) >= 11 is 0. The number of ether oxygens (including phenoxy) is 2. The molecule has 0 atom stereocenters. The Bertz CT molecular complexity index is 966. The quantitative estimate of drug-likeness (QED) is 0.617. The lowest BCUT2D eigenvalue weighted by molar-refractivity contribution is -0.274. The van der Waals surface area contributed by atoms with E-state index in [2.05, 4.69) is 20.0 Å². The van der Waals surface area contributed by atoms with Crippen LogP contribution < -0.4 is 9.47 Å². The van der Waals surface area contributed by atoms with Crippen molar-refractivity contribution in [2.75, 3.05) is 7.11 Å². The molecule has 0 amide bonds. The zero-order valence-corrected chi connectivity index (χ0v) is 14.1. The van der Waals surface area contributed by atoms with Gasteiger partial charge in [-0.15, -0.1) is 18.3 Å². The Balaban J connectivity index is 2.02. The number of hydrogen-bond acceptors (Lipinski definition) is 5. The highest BCUT2D eigenvalue weighted by Gasteiger charge is 2.31. The van der Waals surface area contributed by atoms with Crippen molar-refractivity contribution in [1.29, 1.82) is 0 Å². The molecule has 1 aromatic carbocycles. The molecule has 0 unspecified atom stereocenters. The van der Waals surface area contributed by atoms with E-state index in [1.54, 1.807) is 0 Å². The highest BCUT2D eigenvalue weighted by Crippen LogP contribution is 2.35. The van der Waals surface area contributed by atoms with E-state index in [4.69, 9.17) is 4.74 Å². The van der Waals surface area contributed by atoms with E-state index in [-0.39, 0.29) is 11.4 Å². The van der Waals surface area contributed by atoms with E-state index in [0.29, 0.717) is 16.8 Å². The summed E-state index contributed by atoms with van der Waals surface area (Å²) in [6.45, 7) is 0.0300. The predicted octanol–water partition coefficient (Wildman–Crippen LogP) is 4.06. The fraction of sp³-hybridized carbons (Fsp3) is 0.312. The van der Waals surface area contributed by atoms with Gasteiger partial charge in [0.15, 0.2) is 5.65 Å². The number of halogens is 5. The minimum atomic E-state index is -4.84. The second-order valence-corrected chi connectivity index (χ2v) is 5.77. The lowest BCUT2D eigenvalue weighted by Gasteiger charge is -2.13. The first kappa shape index (κ1) is 18.8. The summed E-state index contributed by atoms with van der Waals surface area (Å²) in [4.78, 5) is 4.26. The molecule has 0 N–H and O–H groups in total. The number of fused-ring (bicyclic) bond motifs is 1. The van der Waals surface area contributed by atoms with Gasteiger partial charge in [-0.2, -0.15) is 0 Å². The van der Waals surface area contributed by atoms with Gasteiger partial charge in [0.2, 0.25) is 0 Å². The van der Waals surface area contributed by atoms with Gasteiger partial charge in [-0.1, -0.05) is 5.21 Å². The SMILES string of the molecule is COc1cc(OC(F)(F)F)ccc1-c1ccc2nnn(CC(C)(F)F)c2n1. The van der Waals surface area contributed by atoms with Gasteiger partial charge in [0, 0.05) is 18.6 Å². The van der Waals surface area contributed by atoms with Crippen molar-refractivity contribution in [2.24, 2.45) is 0 Å². The molecule has 0 aliphatic heterocycles. The molecule has 2 heterocycles. The number of nitrogens with zero attached hydrogens (tertiary/aromatic N) is 4. The Kier molecular flexibility index (Phi) is 4.62. The molecule has 6 nitrogen and oxygen atoms in total. The summed E-state index contributed by atoms with van der Waals surface area (Å²) in [5, 5.41) is 7.44. The molecule has 11 heteroatoms. The molecule has 0 saturated heterocycles. The van der Waals surface area contributed by atoms with Crippen molar-refractivity contribution in [3.05, 3.63) is 30.3 Å². The minimum absolute atomic E-state index is 0.0726. The van der Waals surface area contributed by atoms with Crippen molar-refractivity contribution >= 4 is 11.2 Å². The monoisotopic (exact) mass is 388 g/mol. The van der Waals surface area contributed by atoms with Crippen LogP contribution in [-0.4, -0.2) is 39.4 Å². The summed E-state index contributed by atoms with van der Waals surface area (Å²) in [6, 6.07) is 6.55. The minimum Gasteiger partial charge on any atom is -0.496 e. The van der Waals surface area contributed by atoms with Crippen molar-refractivity contribution in [1.82, 2.24) is 20.0 Å². The molecule has 0 bridgehead atoms. The van der Waals surface area contributed by atoms with Gasteiger partial charge >= 0.3 is 6.36 Å². The molecular formula is C16H13F5N4O2. The van der Waals surface area contributed by atoms with Crippen molar-refractivity contribution in [2.45, 2.75) is 25.8 Å². The molecule has 144 valence electrons. The summed E-state index contributed by atoms with van der Waals surface area (Å²) < 4.78 is 73.6. The van der Waals surface area contributed by atoms with Crippen LogP contribution in [0.4, 0.5) is 22.0 Å². The molecule has 0 aliphatic rings. The molecule has 3 aromatic rings. The van der Waals surface area contributed by atoms with E-state index in [1.807, 2.05) is 0 Å². The van der Waals surface area contributed by atoms with Crippen LogP contribution in [0, 0.1) is 0 Å². The molecule has 0 radical (unpaired) electrons. The maximum absolute atomic E-state index is 13.3. The third-order valence-electron chi connectivity index (χ3n) is 3.47. The van der Waals surface area contributed by atoms with Crippen LogP contribution in [0.25, 0.3) is 22.4 Å². The summed E-state index contributed by atoms with van der Waals surface area (Å²) in [7, 11) is 1.28. The predicted molar refractivity (Wildman–Crippen MR) is 84.6 cm³/mol. The van der Waals surface area contributed by atoms with Crippen LogP contribution in [0.3, 0.4) is 0 Å². The summed E-state index contributed by atoms with van der Waals surface area (Å²) in [5.41, 5.74) is 1.07. The Labute approximate surface area is 149 Å². The maximum Gasteiger partial charge on any atom is 0.573 e. The van der Waals surface area contributed by atoms with Gasteiger partial charge in [-0.05, 0) is 24.3 Å². The van der Waals surface area contributed by atoms with Crippen LogP contribution >= 0.6 is 0 Å². The topological polar surface area (TPSA) is 62.1 Å². The molecule has 0 fully saturated rings. The van der Waals surface area contributed by atoms with Crippen LogP contribution in [0.15, 0.2) is 30.3 Å². The number of pyridine rings is 1. The van der Waals surface area contributed by atoms with Crippen LogP contribution in [-0.2, 0) is 6.54 Å². The van der Waals surface area contributed by atoms with E-state index >= 15 is 0 Å². The van der Waals surface area contributed by atoms with E-state index in [9.17, 15) is 22.0 Å². The number of alkyl halides is 5. The zero-order valence-electron chi connectivity index (χ0n) is 14.1.